The lowest BCUT2D eigenvalue weighted by atomic mass is 10.0. The van der Waals surface area contributed by atoms with Crippen molar-refractivity contribution in [3.63, 3.8) is 0 Å². The highest BCUT2D eigenvalue weighted by molar-refractivity contribution is 6.37. The fourth-order valence-corrected chi connectivity index (χ4v) is 3.48. The lowest BCUT2D eigenvalue weighted by molar-refractivity contribution is -0.137. The number of amides is 2. The van der Waals surface area contributed by atoms with Crippen molar-refractivity contribution in [2.24, 2.45) is 0 Å². The molecule has 2 amide bonds. The Kier molecular flexibility index (Phi) is 7.77. The van der Waals surface area contributed by atoms with Crippen LogP contribution in [-0.2, 0) is 14.3 Å². The number of rotatable bonds is 10. The van der Waals surface area contributed by atoms with Gasteiger partial charge >= 0.3 is 0 Å². The molecular formula is C24H27ClN2O5. The maximum Gasteiger partial charge on any atom is 0.278 e. The topological polar surface area (TPSA) is 77.1 Å². The summed E-state index contributed by atoms with van der Waals surface area (Å²) in [5.41, 5.74) is 1.62. The second-order valence-corrected chi connectivity index (χ2v) is 7.92. The molecule has 32 heavy (non-hydrogen) atoms. The Morgan fingerprint density at radius 1 is 1.00 bits per heavy atom. The van der Waals surface area contributed by atoms with Crippen molar-refractivity contribution in [3.05, 3.63) is 58.7 Å². The smallest absolute Gasteiger partial charge is 0.278 e. The first kappa shape index (κ1) is 23.6. The van der Waals surface area contributed by atoms with Crippen molar-refractivity contribution in [2.45, 2.75) is 26.4 Å². The Morgan fingerprint density at radius 3 is 2.34 bits per heavy atom. The number of benzene rings is 2. The zero-order valence-electron chi connectivity index (χ0n) is 18.6. The summed E-state index contributed by atoms with van der Waals surface area (Å²) in [5, 5.41) is 3.66. The van der Waals surface area contributed by atoms with Gasteiger partial charge in [-0.3, -0.25) is 14.5 Å². The number of hydrogen-bond acceptors (Lipinski definition) is 6. The number of imide groups is 1. The first-order valence-corrected chi connectivity index (χ1v) is 10.7. The lowest BCUT2D eigenvalue weighted by Crippen LogP contribution is -2.34. The van der Waals surface area contributed by atoms with E-state index < -0.39 is 5.91 Å². The number of methoxy groups -OCH3 is 2. The fourth-order valence-electron chi connectivity index (χ4n) is 3.36. The molecule has 0 radical (unpaired) electrons. The van der Waals surface area contributed by atoms with E-state index in [0.717, 1.165) is 0 Å². The number of halogens is 1. The van der Waals surface area contributed by atoms with Crippen LogP contribution in [0.4, 0.5) is 5.69 Å². The zero-order chi connectivity index (χ0) is 23.3. The molecule has 0 aromatic heterocycles. The third-order valence-corrected chi connectivity index (χ3v) is 5.20. The minimum Gasteiger partial charge on any atom is -0.497 e. The normalized spacial score (nSPS) is 13.9. The zero-order valence-corrected chi connectivity index (χ0v) is 19.4. The van der Waals surface area contributed by atoms with E-state index in [1.54, 1.807) is 49.6 Å². The summed E-state index contributed by atoms with van der Waals surface area (Å²) in [6.07, 6.45) is 0.630. The van der Waals surface area contributed by atoms with Crippen LogP contribution < -0.4 is 14.8 Å². The van der Waals surface area contributed by atoms with Gasteiger partial charge < -0.3 is 19.5 Å². The summed E-state index contributed by atoms with van der Waals surface area (Å²) in [5.74, 6) is 0.329. The number of nitrogens with zero attached hydrogens (tertiary/aromatic N) is 1. The van der Waals surface area contributed by atoms with Gasteiger partial charge in [-0.25, -0.2) is 0 Å². The summed E-state index contributed by atoms with van der Waals surface area (Å²) in [4.78, 5) is 27.8. The third kappa shape index (κ3) is 5.23. The van der Waals surface area contributed by atoms with E-state index in [4.69, 9.17) is 25.8 Å². The molecule has 0 bridgehead atoms. The van der Waals surface area contributed by atoms with Crippen molar-refractivity contribution >= 4 is 34.7 Å². The standard InChI is InChI=1S/C24H27ClN2O5/c1-15(2)32-13-5-12-27-23(28)21(16-6-8-17(25)9-7-16)22(24(27)29)26-19-11-10-18(30-3)14-20(19)31-4/h6-11,14-15,26H,5,12-13H2,1-4H3. The van der Waals surface area contributed by atoms with E-state index in [2.05, 4.69) is 5.32 Å². The van der Waals surface area contributed by atoms with Crippen molar-refractivity contribution in [3.8, 4) is 11.5 Å². The van der Waals surface area contributed by atoms with Crippen LogP contribution in [0.1, 0.15) is 25.8 Å². The molecule has 0 spiro atoms. The maximum absolute atomic E-state index is 13.3. The first-order valence-electron chi connectivity index (χ1n) is 10.3. The minimum absolute atomic E-state index is 0.0856. The Balaban J connectivity index is 1.95. The van der Waals surface area contributed by atoms with E-state index in [1.807, 2.05) is 13.8 Å². The van der Waals surface area contributed by atoms with Crippen LogP contribution in [0.2, 0.25) is 5.02 Å². The molecule has 170 valence electrons. The summed E-state index contributed by atoms with van der Waals surface area (Å²) >= 11 is 6.02. The van der Waals surface area contributed by atoms with Gasteiger partial charge in [-0.2, -0.15) is 0 Å². The summed E-state index contributed by atoms with van der Waals surface area (Å²) in [6, 6.07) is 12.0. The molecule has 0 atom stereocenters. The summed E-state index contributed by atoms with van der Waals surface area (Å²) < 4.78 is 16.2. The van der Waals surface area contributed by atoms with E-state index in [-0.39, 0.29) is 29.8 Å². The molecule has 1 heterocycles. The van der Waals surface area contributed by atoms with Gasteiger partial charge in [0.15, 0.2) is 0 Å². The van der Waals surface area contributed by atoms with Crippen LogP contribution in [-0.4, -0.2) is 50.2 Å². The Labute approximate surface area is 192 Å². The first-order chi connectivity index (χ1) is 15.3. The van der Waals surface area contributed by atoms with Crippen LogP contribution in [0.25, 0.3) is 5.57 Å². The lowest BCUT2D eigenvalue weighted by Gasteiger charge is -2.16. The van der Waals surface area contributed by atoms with Gasteiger partial charge in [0.1, 0.15) is 17.2 Å². The van der Waals surface area contributed by atoms with E-state index in [1.165, 1.54) is 12.0 Å². The average molecular weight is 459 g/mol. The highest BCUT2D eigenvalue weighted by Gasteiger charge is 2.39. The Bertz CT molecular complexity index is 1020. The monoisotopic (exact) mass is 458 g/mol. The van der Waals surface area contributed by atoms with Gasteiger partial charge in [0, 0.05) is 24.2 Å². The van der Waals surface area contributed by atoms with Gasteiger partial charge in [0.2, 0.25) is 0 Å². The molecule has 7 nitrogen and oxygen atoms in total. The second kappa shape index (κ2) is 10.5. The molecule has 2 aromatic carbocycles. The molecular weight excluding hydrogens is 432 g/mol. The highest BCUT2D eigenvalue weighted by atomic mass is 35.5. The molecule has 8 heteroatoms. The number of anilines is 1. The van der Waals surface area contributed by atoms with Crippen LogP contribution in [0, 0.1) is 0 Å². The van der Waals surface area contributed by atoms with E-state index >= 15 is 0 Å². The number of ether oxygens (including phenoxy) is 3. The highest BCUT2D eigenvalue weighted by Crippen LogP contribution is 2.35. The second-order valence-electron chi connectivity index (χ2n) is 7.48. The van der Waals surface area contributed by atoms with Gasteiger partial charge in [0.25, 0.3) is 11.8 Å². The van der Waals surface area contributed by atoms with Crippen LogP contribution in [0.15, 0.2) is 48.2 Å². The quantitative estimate of drug-likeness (QED) is 0.421. The van der Waals surface area contributed by atoms with Gasteiger partial charge in [-0.05, 0) is 50.1 Å². The molecule has 1 aliphatic heterocycles. The number of nitrogens with one attached hydrogen (secondary N) is 1. The number of carbonyl (C=O) groups excluding carboxylic acids is 2. The predicted molar refractivity (Wildman–Crippen MR) is 124 cm³/mol. The molecule has 1 aliphatic rings. The predicted octanol–water partition coefficient (Wildman–Crippen LogP) is 4.36. The molecule has 2 aromatic rings. The molecule has 0 fully saturated rings. The number of hydrogen-bond donors (Lipinski definition) is 1. The molecule has 0 saturated heterocycles. The molecule has 3 rings (SSSR count). The van der Waals surface area contributed by atoms with Crippen molar-refractivity contribution in [1.29, 1.82) is 0 Å². The van der Waals surface area contributed by atoms with Gasteiger partial charge in [-0.15, -0.1) is 0 Å². The summed E-state index contributed by atoms with van der Waals surface area (Å²) in [6.45, 7) is 4.60. The van der Waals surface area contributed by atoms with Crippen LogP contribution in [0.3, 0.4) is 0 Å². The SMILES string of the molecule is COc1ccc(NC2=C(c3ccc(Cl)cc3)C(=O)N(CCCOC(C)C)C2=O)c(OC)c1. The Hall–Kier alpha value is -3.03. The minimum atomic E-state index is -0.401. The fraction of sp³-hybridized carbons (Fsp3) is 0.333. The van der Waals surface area contributed by atoms with Crippen LogP contribution >= 0.6 is 11.6 Å². The molecule has 0 aliphatic carbocycles. The van der Waals surface area contributed by atoms with Gasteiger partial charge in [0.05, 0.1) is 31.6 Å². The van der Waals surface area contributed by atoms with Crippen molar-refractivity contribution < 1.29 is 23.8 Å². The molecule has 0 unspecified atom stereocenters. The molecule has 0 saturated carbocycles. The number of carbonyl (C=O) groups is 2. The third-order valence-electron chi connectivity index (χ3n) is 4.95. The largest absolute Gasteiger partial charge is 0.497 e. The van der Waals surface area contributed by atoms with E-state index in [0.29, 0.717) is 40.8 Å². The maximum atomic E-state index is 13.3. The van der Waals surface area contributed by atoms with Crippen molar-refractivity contribution in [2.75, 3.05) is 32.7 Å². The van der Waals surface area contributed by atoms with E-state index in [9.17, 15) is 9.59 Å². The average Bonchev–Trinajstić information content (AvgIpc) is 3.01. The summed E-state index contributed by atoms with van der Waals surface area (Å²) in [7, 11) is 3.08. The molecule has 1 N–H and O–H groups in total. The Morgan fingerprint density at radius 2 is 1.72 bits per heavy atom. The van der Waals surface area contributed by atoms with Gasteiger partial charge in [-0.1, -0.05) is 23.7 Å². The van der Waals surface area contributed by atoms with Crippen molar-refractivity contribution in [1.82, 2.24) is 4.90 Å². The van der Waals surface area contributed by atoms with Crippen LogP contribution in [0.5, 0.6) is 11.5 Å².